The molecule has 0 aliphatic heterocycles. The van der Waals surface area contributed by atoms with Crippen LogP contribution in [0.25, 0.3) is 0 Å². The van der Waals surface area contributed by atoms with Crippen LogP contribution in [0.1, 0.15) is 11.1 Å². The molecule has 0 atom stereocenters. The summed E-state index contributed by atoms with van der Waals surface area (Å²) in [6, 6.07) is 8.60. The first-order valence-electron chi connectivity index (χ1n) is 5.49. The number of sulfonamides is 1. The number of hydrogen-bond acceptors (Lipinski definition) is 3. The van der Waals surface area contributed by atoms with E-state index in [4.69, 9.17) is 0 Å². The average Bonchev–Trinajstić information content (AvgIpc) is 2.28. The van der Waals surface area contributed by atoms with E-state index < -0.39 is 10.0 Å². The highest BCUT2D eigenvalue weighted by Gasteiger charge is 2.16. The third-order valence-electron chi connectivity index (χ3n) is 2.51. The molecule has 0 amide bonds. The molecule has 0 unspecified atom stereocenters. The topological polar surface area (TPSA) is 59.1 Å². The minimum atomic E-state index is -3.55. The fraction of sp³-hybridized carbons (Fsp3) is 0.154. The molecule has 0 saturated carbocycles. The average molecular weight is 262 g/mol. The molecule has 1 heterocycles. The molecule has 0 saturated heterocycles. The lowest BCUT2D eigenvalue weighted by Crippen LogP contribution is -2.14. The minimum absolute atomic E-state index is 0.284. The Morgan fingerprint density at radius 1 is 1.11 bits per heavy atom. The molecule has 1 aromatic carbocycles. The lowest BCUT2D eigenvalue weighted by atomic mass is 10.2. The van der Waals surface area contributed by atoms with E-state index in [0.29, 0.717) is 11.3 Å². The normalized spacial score (nSPS) is 11.2. The zero-order chi connectivity index (χ0) is 13.2. The third kappa shape index (κ3) is 2.68. The fourth-order valence-electron chi connectivity index (χ4n) is 1.68. The number of rotatable bonds is 3. The number of anilines is 1. The first kappa shape index (κ1) is 12.6. The Morgan fingerprint density at radius 3 is 2.50 bits per heavy atom. The van der Waals surface area contributed by atoms with Gasteiger partial charge in [-0.3, -0.25) is 9.71 Å². The monoisotopic (exact) mass is 262 g/mol. The molecule has 1 N–H and O–H groups in total. The number of nitrogens with one attached hydrogen (secondary N) is 1. The second-order valence-corrected chi connectivity index (χ2v) is 5.77. The third-order valence-corrected chi connectivity index (χ3v) is 4.05. The van der Waals surface area contributed by atoms with Gasteiger partial charge in [0.05, 0.1) is 16.8 Å². The van der Waals surface area contributed by atoms with Gasteiger partial charge in [0.25, 0.3) is 10.0 Å². The van der Waals surface area contributed by atoms with E-state index in [1.165, 1.54) is 6.20 Å². The molecular formula is C13H14N2O2S. The Morgan fingerprint density at radius 2 is 1.83 bits per heavy atom. The maximum atomic E-state index is 12.2. The number of aromatic nitrogens is 1. The molecule has 0 spiro atoms. The zero-order valence-electron chi connectivity index (χ0n) is 10.2. The highest BCUT2D eigenvalue weighted by Crippen LogP contribution is 2.18. The van der Waals surface area contributed by atoms with Gasteiger partial charge in [-0.1, -0.05) is 18.2 Å². The van der Waals surface area contributed by atoms with Crippen molar-refractivity contribution in [3.8, 4) is 0 Å². The summed E-state index contributed by atoms with van der Waals surface area (Å²) < 4.78 is 26.9. The van der Waals surface area contributed by atoms with Crippen molar-refractivity contribution < 1.29 is 8.42 Å². The summed E-state index contributed by atoms with van der Waals surface area (Å²) >= 11 is 0. The summed E-state index contributed by atoms with van der Waals surface area (Å²) in [5.41, 5.74) is 2.09. The van der Waals surface area contributed by atoms with Gasteiger partial charge in [0.15, 0.2) is 0 Å². The Labute approximate surface area is 107 Å². The molecule has 0 bridgehead atoms. The van der Waals surface area contributed by atoms with Gasteiger partial charge in [-0.15, -0.1) is 0 Å². The lowest BCUT2D eigenvalue weighted by Gasteiger charge is -2.10. The van der Waals surface area contributed by atoms with Crippen molar-refractivity contribution in [2.24, 2.45) is 0 Å². The molecule has 0 radical (unpaired) electrons. The maximum absolute atomic E-state index is 12.2. The number of benzene rings is 1. The summed E-state index contributed by atoms with van der Waals surface area (Å²) in [7, 11) is -3.55. The van der Waals surface area contributed by atoms with Gasteiger partial charge in [0, 0.05) is 6.20 Å². The summed E-state index contributed by atoms with van der Waals surface area (Å²) in [5, 5.41) is 0. The van der Waals surface area contributed by atoms with Crippen molar-refractivity contribution >= 4 is 15.7 Å². The molecule has 4 nitrogen and oxygen atoms in total. The van der Waals surface area contributed by atoms with Crippen molar-refractivity contribution in [1.82, 2.24) is 4.98 Å². The van der Waals surface area contributed by atoms with Crippen LogP contribution in [0.15, 0.2) is 47.6 Å². The van der Waals surface area contributed by atoms with Crippen LogP contribution in [-0.4, -0.2) is 13.4 Å². The lowest BCUT2D eigenvalue weighted by molar-refractivity contribution is 0.600. The Kier molecular flexibility index (Phi) is 3.34. The van der Waals surface area contributed by atoms with E-state index >= 15 is 0 Å². The minimum Gasteiger partial charge on any atom is -0.278 e. The molecule has 0 aliphatic rings. The highest BCUT2D eigenvalue weighted by atomic mass is 32.2. The Hall–Kier alpha value is -1.88. The highest BCUT2D eigenvalue weighted by molar-refractivity contribution is 7.92. The standard InChI is InChI=1S/C13H14N2O2S/c1-10-7-12(9-14-8-10)15-18(16,17)13-6-4-3-5-11(13)2/h3-9,15H,1-2H3. The van der Waals surface area contributed by atoms with Crippen LogP contribution in [-0.2, 0) is 10.0 Å². The predicted octanol–water partition coefficient (Wildman–Crippen LogP) is 2.50. The first-order valence-corrected chi connectivity index (χ1v) is 6.97. The molecule has 0 aliphatic carbocycles. The number of pyridine rings is 1. The van der Waals surface area contributed by atoms with E-state index in [2.05, 4.69) is 9.71 Å². The number of hydrogen-bond donors (Lipinski definition) is 1. The SMILES string of the molecule is Cc1cncc(NS(=O)(=O)c2ccccc2C)c1. The van der Waals surface area contributed by atoms with Crippen LogP contribution in [0, 0.1) is 13.8 Å². The van der Waals surface area contributed by atoms with Crippen molar-refractivity contribution in [3.05, 3.63) is 53.9 Å². The number of nitrogens with zero attached hydrogens (tertiary/aromatic N) is 1. The number of aryl methyl sites for hydroxylation is 2. The molecule has 94 valence electrons. The van der Waals surface area contributed by atoms with Gasteiger partial charge in [-0.05, 0) is 37.1 Å². The quantitative estimate of drug-likeness (QED) is 0.924. The maximum Gasteiger partial charge on any atom is 0.262 e. The van der Waals surface area contributed by atoms with E-state index in [-0.39, 0.29) is 4.90 Å². The van der Waals surface area contributed by atoms with Crippen molar-refractivity contribution in [3.63, 3.8) is 0 Å². The van der Waals surface area contributed by atoms with Crippen molar-refractivity contribution in [2.45, 2.75) is 18.7 Å². The van der Waals surface area contributed by atoms with Crippen LogP contribution in [0.3, 0.4) is 0 Å². The summed E-state index contributed by atoms with van der Waals surface area (Å²) in [4.78, 5) is 4.24. The van der Waals surface area contributed by atoms with Gasteiger partial charge >= 0.3 is 0 Å². The molecule has 2 aromatic rings. The molecule has 1 aromatic heterocycles. The van der Waals surface area contributed by atoms with Crippen LogP contribution < -0.4 is 4.72 Å². The summed E-state index contributed by atoms with van der Waals surface area (Å²) in [6.07, 6.45) is 3.16. The van der Waals surface area contributed by atoms with Gasteiger partial charge in [0.1, 0.15) is 0 Å². The van der Waals surface area contributed by atoms with Crippen LogP contribution in [0.5, 0.6) is 0 Å². The van der Waals surface area contributed by atoms with Gasteiger partial charge in [-0.2, -0.15) is 0 Å². The largest absolute Gasteiger partial charge is 0.278 e. The second-order valence-electron chi connectivity index (χ2n) is 4.12. The van der Waals surface area contributed by atoms with E-state index in [1.807, 2.05) is 13.0 Å². The Balaban J connectivity index is 2.37. The second kappa shape index (κ2) is 4.78. The predicted molar refractivity (Wildman–Crippen MR) is 71.0 cm³/mol. The zero-order valence-corrected chi connectivity index (χ0v) is 11.0. The summed E-state index contributed by atoms with van der Waals surface area (Å²) in [6.45, 7) is 3.63. The van der Waals surface area contributed by atoms with Crippen LogP contribution in [0.4, 0.5) is 5.69 Å². The van der Waals surface area contributed by atoms with Gasteiger partial charge < -0.3 is 0 Å². The van der Waals surface area contributed by atoms with Crippen molar-refractivity contribution in [2.75, 3.05) is 4.72 Å². The fourth-order valence-corrected chi connectivity index (χ4v) is 2.96. The molecule has 0 fully saturated rings. The van der Waals surface area contributed by atoms with Crippen molar-refractivity contribution in [1.29, 1.82) is 0 Å². The van der Waals surface area contributed by atoms with E-state index in [9.17, 15) is 8.42 Å². The smallest absolute Gasteiger partial charge is 0.262 e. The molecule has 2 rings (SSSR count). The Bertz CT molecular complexity index is 666. The summed E-state index contributed by atoms with van der Waals surface area (Å²) in [5.74, 6) is 0. The molecule has 5 heteroatoms. The van der Waals surface area contributed by atoms with E-state index in [1.54, 1.807) is 37.4 Å². The van der Waals surface area contributed by atoms with Crippen LogP contribution in [0.2, 0.25) is 0 Å². The first-order chi connectivity index (χ1) is 8.49. The van der Waals surface area contributed by atoms with Crippen LogP contribution >= 0.6 is 0 Å². The van der Waals surface area contributed by atoms with Gasteiger partial charge in [-0.25, -0.2) is 8.42 Å². The molecule has 18 heavy (non-hydrogen) atoms. The van der Waals surface area contributed by atoms with E-state index in [0.717, 1.165) is 5.56 Å². The van der Waals surface area contributed by atoms with Gasteiger partial charge in [0.2, 0.25) is 0 Å². The molecular weight excluding hydrogens is 248 g/mol.